The maximum atomic E-state index is 12.3. The Morgan fingerprint density at radius 2 is 1.59 bits per heavy atom. The van der Waals surface area contributed by atoms with E-state index in [4.69, 9.17) is 4.74 Å². The molecule has 0 radical (unpaired) electrons. The van der Waals surface area contributed by atoms with Crippen molar-refractivity contribution in [2.45, 2.75) is 56.8 Å². The molecule has 0 saturated heterocycles. The Bertz CT molecular complexity index is 807. The first-order valence-corrected chi connectivity index (χ1v) is 10.4. The van der Waals surface area contributed by atoms with E-state index < -0.39 is 10.1 Å². The number of hydrogen-bond acceptors (Lipinski definition) is 4. The number of benzene rings is 2. The summed E-state index contributed by atoms with van der Waals surface area (Å²) in [6.07, 6.45) is 6.72. The molecule has 7 heteroatoms. The minimum atomic E-state index is -4.50. The van der Waals surface area contributed by atoms with Crippen LogP contribution >= 0.6 is 0 Å². The third-order valence-electron chi connectivity index (χ3n) is 4.20. The van der Waals surface area contributed by atoms with Gasteiger partial charge >= 0.3 is 51.4 Å². The van der Waals surface area contributed by atoms with Gasteiger partial charge in [0.25, 0.3) is 10.1 Å². The molecule has 0 fully saturated rings. The Balaban J connectivity index is 0.00000364. The second-order valence-corrected chi connectivity index (χ2v) is 7.67. The van der Waals surface area contributed by atoms with Crippen LogP contribution in [0, 0.1) is 0 Å². The molecule has 0 unspecified atom stereocenters. The maximum absolute atomic E-state index is 12.3. The van der Waals surface area contributed by atoms with Crippen LogP contribution in [0.15, 0.2) is 47.4 Å². The van der Waals surface area contributed by atoms with E-state index in [0.29, 0.717) is 17.7 Å². The Morgan fingerprint density at radius 3 is 2.22 bits per heavy atom. The van der Waals surface area contributed by atoms with Gasteiger partial charge in [0.1, 0.15) is 10.6 Å². The monoisotopic (exact) mass is 416 g/mol. The topological polar surface area (TPSA) is 86.7 Å². The van der Waals surface area contributed by atoms with Gasteiger partial charge in [-0.1, -0.05) is 63.3 Å². The summed E-state index contributed by atoms with van der Waals surface area (Å²) in [6, 6.07) is 10.9. The van der Waals surface area contributed by atoms with Gasteiger partial charge < -0.3 is 9.84 Å². The zero-order valence-corrected chi connectivity index (χ0v) is 19.9. The zero-order valence-electron chi connectivity index (χ0n) is 16.0. The van der Waals surface area contributed by atoms with Crippen molar-refractivity contribution in [3.63, 3.8) is 0 Å². The van der Waals surface area contributed by atoms with Crippen molar-refractivity contribution in [3.8, 4) is 17.2 Å². The molecule has 27 heavy (non-hydrogen) atoms. The van der Waals surface area contributed by atoms with Crippen LogP contribution < -0.4 is 61.2 Å². The molecule has 0 aliphatic rings. The predicted molar refractivity (Wildman–Crippen MR) is 99.3 cm³/mol. The summed E-state index contributed by atoms with van der Waals surface area (Å²) in [4.78, 5) is -0.373. The van der Waals surface area contributed by atoms with Crippen LogP contribution in [0.25, 0.3) is 0 Å². The van der Waals surface area contributed by atoms with Crippen LogP contribution in [0.4, 0.5) is 0 Å². The van der Waals surface area contributed by atoms with Gasteiger partial charge in [0, 0.05) is 0 Å². The van der Waals surface area contributed by atoms with E-state index >= 15 is 0 Å². The molecule has 0 aliphatic carbocycles. The molecule has 0 spiro atoms. The second-order valence-electron chi connectivity index (χ2n) is 6.28. The molecule has 2 rings (SSSR count). The largest absolute Gasteiger partial charge is 1.00 e. The van der Waals surface area contributed by atoms with Gasteiger partial charge in [0.15, 0.2) is 5.75 Å². The summed E-state index contributed by atoms with van der Waals surface area (Å²) in [6.45, 7) is 2.15. The first-order valence-electron chi connectivity index (χ1n) is 8.96. The van der Waals surface area contributed by atoms with Crippen molar-refractivity contribution in [2.24, 2.45) is 0 Å². The van der Waals surface area contributed by atoms with Crippen molar-refractivity contribution in [1.82, 2.24) is 0 Å². The van der Waals surface area contributed by atoms with Gasteiger partial charge in [-0.05, 0) is 36.6 Å². The summed E-state index contributed by atoms with van der Waals surface area (Å²) < 4.78 is 38.7. The summed E-state index contributed by atoms with van der Waals surface area (Å²) in [5, 5.41) is 12.3. The standard InChI is InChI=1S/C20H26O5S.K/c1-2-3-4-5-6-10-13-17-18(21)14-15-19(26(22,23)24)20(17)25-16-11-8-7-9-12-16;/h7-9,11-12,14-15,21H,2-6,10,13H2,1H3,(H,22,23,24);/q;+1/p-1. The van der Waals surface area contributed by atoms with E-state index in [-0.39, 0.29) is 67.8 Å². The molecule has 0 heterocycles. The molecule has 0 bridgehead atoms. The fraction of sp³-hybridized carbons (Fsp3) is 0.400. The van der Waals surface area contributed by atoms with E-state index in [1.54, 1.807) is 30.3 Å². The summed E-state index contributed by atoms with van der Waals surface area (Å²) in [7, 11) is -4.50. The fourth-order valence-corrected chi connectivity index (χ4v) is 3.47. The smallest absolute Gasteiger partial charge is 0.872 e. The minimum Gasteiger partial charge on any atom is -0.872 e. The Labute approximate surface area is 204 Å². The molecule has 0 aliphatic heterocycles. The Hall–Kier alpha value is -0.414. The summed E-state index contributed by atoms with van der Waals surface area (Å²) >= 11 is 0. The Morgan fingerprint density at radius 1 is 0.963 bits per heavy atom. The molecule has 1 N–H and O–H groups in total. The second kappa shape index (κ2) is 12.2. The van der Waals surface area contributed by atoms with Crippen molar-refractivity contribution in [3.05, 3.63) is 48.0 Å². The van der Waals surface area contributed by atoms with E-state index in [0.717, 1.165) is 38.2 Å². The van der Waals surface area contributed by atoms with E-state index in [9.17, 15) is 18.1 Å². The van der Waals surface area contributed by atoms with Crippen molar-refractivity contribution in [2.75, 3.05) is 0 Å². The third kappa shape index (κ3) is 7.85. The van der Waals surface area contributed by atoms with Gasteiger partial charge in [0.05, 0.1) is 0 Å². The average Bonchev–Trinajstić information content (AvgIpc) is 2.60. The molecule has 0 atom stereocenters. The van der Waals surface area contributed by atoms with Gasteiger partial charge in [0.2, 0.25) is 0 Å². The number of unbranched alkanes of at least 4 members (excludes halogenated alkanes) is 5. The number of rotatable bonds is 10. The molecule has 0 aromatic heterocycles. The number of hydrogen-bond donors (Lipinski definition) is 1. The van der Waals surface area contributed by atoms with Crippen LogP contribution in [-0.2, 0) is 16.5 Å². The average molecular weight is 417 g/mol. The van der Waals surface area contributed by atoms with Crippen LogP contribution in [0.5, 0.6) is 17.2 Å². The molecule has 0 amide bonds. The van der Waals surface area contributed by atoms with Crippen LogP contribution in [0.2, 0.25) is 0 Å². The zero-order chi connectivity index (χ0) is 19.0. The first kappa shape index (κ1) is 24.6. The Kier molecular flexibility index (Phi) is 11.1. The molecular weight excluding hydrogens is 391 g/mol. The summed E-state index contributed by atoms with van der Waals surface area (Å²) in [5.74, 6) is 0.0591. The van der Waals surface area contributed by atoms with E-state index in [1.807, 2.05) is 0 Å². The molecule has 5 nitrogen and oxygen atoms in total. The molecule has 0 saturated carbocycles. The van der Waals surface area contributed by atoms with Gasteiger partial charge in [-0.25, -0.2) is 0 Å². The van der Waals surface area contributed by atoms with Crippen LogP contribution in [0.3, 0.4) is 0 Å². The molecule has 2 aromatic carbocycles. The van der Waals surface area contributed by atoms with Gasteiger partial charge in [-0.15, -0.1) is 5.75 Å². The predicted octanol–water partition coefficient (Wildman–Crippen LogP) is 1.71. The summed E-state index contributed by atoms with van der Waals surface area (Å²) in [5.41, 5.74) is 0.291. The molecule has 142 valence electrons. The number of para-hydroxylation sites is 1. The first-order chi connectivity index (χ1) is 12.4. The number of ether oxygens (including phenoxy) is 1. The van der Waals surface area contributed by atoms with Crippen LogP contribution in [-0.4, -0.2) is 13.0 Å². The quantitative estimate of drug-likeness (QED) is 0.362. The van der Waals surface area contributed by atoms with Gasteiger partial charge in [-0.3, -0.25) is 4.55 Å². The maximum Gasteiger partial charge on any atom is 1.00 e. The normalized spacial score (nSPS) is 11.0. The van der Waals surface area contributed by atoms with E-state index in [2.05, 4.69) is 6.92 Å². The van der Waals surface area contributed by atoms with Crippen molar-refractivity contribution in [1.29, 1.82) is 0 Å². The van der Waals surface area contributed by atoms with Gasteiger partial charge in [-0.2, -0.15) is 8.42 Å². The van der Waals surface area contributed by atoms with Crippen molar-refractivity contribution < 1.29 is 74.2 Å². The molecular formula is C20H25KO5S. The minimum absolute atomic E-state index is 0. The van der Waals surface area contributed by atoms with Crippen molar-refractivity contribution >= 4 is 10.1 Å². The third-order valence-corrected chi connectivity index (χ3v) is 5.08. The molecule has 2 aromatic rings. The van der Waals surface area contributed by atoms with E-state index in [1.165, 1.54) is 12.5 Å². The fourth-order valence-electron chi connectivity index (χ4n) is 2.83. The van der Waals surface area contributed by atoms with Crippen LogP contribution in [0.1, 0.15) is 51.0 Å². The SMILES string of the molecule is CCCCCCCCc1c([O-])ccc(S(=O)(=O)O)c1Oc1ccccc1.[K+].